The number of rotatable bonds is 3. The molecule has 1 aliphatic rings. The predicted molar refractivity (Wildman–Crippen MR) is 81.9 cm³/mol. The van der Waals surface area contributed by atoms with Gasteiger partial charge in [0.25, 0.3) is 0 Å². The maximum Gasteiger partial charge on any atom is 0.243 e. The number of carbonyl (C=O) groups excluding carboxylic acids is 1. The van der Waals surface area contributed by atoms with Crippen molar-refractivity contribution in [3.8, 4) is 0 Å². The molecule has 0 unspecified atom stereocenters. The summed E-state index contributed by atoms with van der Waals surface area (Å²) in [6.07, 6.45) is 1.26. The van der Waals surface area contributed by atoms with Crippen molar-refractivity contribution in [1.29, 1.82) is 0 Å². The third kappa shape index (κ3) is 3.31. The summed E-state index contributed by atoms with van der Waals surface area (Å²) in [4.78, 5) is 13.7. The fourth-order valence-corrected chi connectivity index (χ4v) is 2.82. The normalized spacial score (nSPS) is 13.6. The molecule has 1 aliphatic heterocycles. The Hall–Kier alpha value is -2.50. The molecule has 0 aliphatic carbocycles. The third-order valence-electron chi connectivity index (χ3n) is 3.78. The van der Waals surface area contributed by atoms with E-state index in [9.17, 15) is 18.0 Å². The largest absolute Gasteiger partial charge is 0.360 e. The van der Waals surface area contributed by atoms with Gasteiger partial charge in [-0.2, -0.15) is 0 Å². The summed E-state index contributed by atoms with van der Waals surface area (Å²) < 4.78 is 40.9. The molecule has 23 heavy (non-hydrogen) atoms. The quantitative estimate of drug-likeness (QED) is 0.939. The summed E-state index contributed by atoms with van der Waals surface area (Å²) in [5.74, 6) is -2.29. The average molecular weight is 320 g/mol. The number of amides is 1. The summed E-state index contributed by atoms with van der Waals surface area (Å²) >= 11 is 0. The summed E-state index contributed by atoms with van der Waals surface area (Å²) in [5.41, 5.74) is 0.878. The monoisotopic (exact) mass is 320 g/mol. The predicted octanol–water partition coefficient (Wildman–Crippen LogP) is 3.50. The molecule has 3 rings (SSSR count). The molecule has 0 atom stereocenters. The van der Waals surface area contributed by atoms with Crippen LogP contribution in [0.15, 0.2) is 36.4 Å². The zero-order valence-electron chi connectivity index (χ0n) is 12.3. The molecule has 1 amide bonds. The van der Waals surface area contributed by atoms with Crippen molar-refractivity contribution in [2.24, 2.45) is 0 Å². The van der Waals surface area contributed by atoms with E-state index in [2.05, 4.69) is 5.32 Å². The first kappa shape index (κ1) is 15.4. The number of hydrogen-bond acceptors (Lipinski definition) is 2. The van der Waals surface area contributed by atoms with Crippen LogP contribution in [0.25, 0.3) is 0 Å². The first-order chi connectivity index (χ1) is 11.0. The molecule has 2 aromatic rings. The number of para-hydroxylation sites is 1. The van der Waals surface area contributed by atoms with Gasteiger partial charge in [0.15, 0.2) is 0 Å². The van der Waals surface area contributed by atoms with Crippen LogP contribution in [0.5, 0.6) is 0 Å². The van der Waals surface area contributed by atoms with Crippen LogP contribution in [-0.4, -0.2) is 19.0 Å². The molecule has 0 spiro atoms. The molecule has 0 bridgehead atoms. The molecular formula is C17H15F3N2O. The Morgan fingerprint density at radius 2 is 1.91 bits per heavy atom. The van der Waals surface area contributed by atoms with Gasteiger partial charge in [-0.1, -0.05) is 12.1 Å². The van der Waals surface area contributed by atoms with Crippen LogP contribution in [0.4, 0.5) is 24.5 Å². The van der Waals surface area contributed by atoms with Crippen LogP contribution in [0.1, 0.15) is 12.0 Å². The van der Waals surface area contributed by atoms with Crippen molar-refractivity contribution >= 4 is 17.3 Å². The number of hydrogen-bond donors (Lipinski definition) is 1. The number of benzene rings is 2. The third-order valence-corrected chi connectivity index (χ3v) is 3.78. The Balaban J connectivity index is 1.77. The summed E-state index contributed by atoms with van der Waals surface area (Å²) in [6.45, 7) is 0.365. The lowest BCUT2D eigenvalue weighted by molar-refractivity contribution is -0.115. The number of halogens is 3. The van der Waals surface area contributed by atoms with E-state index < -0.39 is 23.4 Å². The van der Waals surface area contributed by atoms with Crippen LogP contribution in [-0.2, 0) is 11.2 Å². The number of nitrogens with one attached hydrogen (secondary N) is 1. The molecule has 2 aromatic carbocycles. The highest BCUT2D eigenvalue weighted by Crippen LogP contribution is 2.30. The fraction of sp³-hybridized carbons (Fsp3) is 0.235. The molecule has 1 heterocycles. The summed E-state index contributed by atoms with van der Waals surface area (Å²) in [6, 6.07) is 7.93. The van der Waals surface area contributed by atoms with Gasteiger partial charge in [-0.3, -0.25) is 4.79 Å². The molecule has 0 saturated carbocycles. The first-order valence-electron chi connectivity index (χ1n) is 7.32. The van der Waals surface area contributed by atoms with E-state index >= 15 is 0 Å². The van der Waals surface area contributed by atoms with Gasteiger partial charge in [-0.15, -0.1) is 0 Å². The SMILES string of the molecule is O=C(CN1CCCc2cc(F)cc(F)c21)Nc1ccccc1F. The zero-order chi connectivity index (χ0) is 16.4. The number of anilines is 2. The Kier molecular flexibility index (Phi) is 4.23. The van der Waals surface area contributed by atoms with Gasteiger partial charge in [-0.25, -0.2) is 13.2 Å². The number of nitrogens with zero attached hydrogens (tertiary/aromatic N) is 1. The minimum atomic E-state index is -0.682. The molecular weight excluding hydrogens is 305 g/mol. The summed E-state index contributed by atoms with van der Waals surface area (Å²) in [7, 11) is 0. The molecule has 120 valence electrons. The molecule has 1 N–H and O–H groups in total. The molecule has 0 fully saturated rings. The van der Waals surface area contributed by atoms with E-state index in [0.29, 0.717) is 24.9 Å². The second-order valence-corrected chi connectivity index (χ2v) is 5.45. The Bertz CT molecular complexity index is 749. The zero-order valence-corrected chi connectivity index (χ0v) is 12.3. The highest BCUT2D eigenvalue weighted by Gasteiger charge is 2.23. The Morgan fingerprint density at radius 1 is 1.13 bits per heavy atom. The lowest BCUT2D eigenvalue weighted by Gasteiger charge is -2.31. The van der Waals surface area contributed by atoms with E-state index in [1.54, 1.807) is 11.0 Å². The molecule has 3 nitrogen and oxygen atoms in total. The minimum Gasteiger partial charge on any atom is -0.360 e. The summed E-state index contributed by atoms with van der Waals surface area (Å²) in [5, 5.41) is 2.47. The topological polar surface area (TPSA) is 32.3 Å². The van der Waals surface area contributed by atoms with Gasteiger partial charge in [-0.05, 0) is 36.6 Å². The number of carbonyl (C=O) groups is 1. The molecule has 0 radical (unpaired) electrons. The van der Waals surface area contributed by atoms with Gasteiger partial charge in [0.1, 0.15) is 17.5 Å². The lowest BCUT2D eigenvalue weighted by Crippen LogP contribution is -2.37. The highest BCUT2D eigenvalue weighted by molar-refractivity contribution is 5.94. The fourth-order valence-electron chi connectivity index (χ4n) is 2.82. The van der Waals surface area contributed by atoms with Crippen LogP contribution in [0, 0.1) is 17.5 Å². The smallest absolute Gasteiger partial charge is 0.243 e. The standard InChI is InChI=1S/C17H15F3N2O/c18-12-8-11-4-3-7-22(17(11)14(20)9-12)10-16(23)21-15-6-2-1-5-13(15)19/h1-2,5-6,8-9H,3-4,7,10H2,(H,21,23). The van der Waals surface area contributed by atoms with Crippen molar-refractivity contribution in [3.63, 3.8) is 0 Å². The van der Waals surface area contributed by atoms with Crippen molar-refractivity contribution in [2.75, 3.05) is 23.3 Å². The molecule has 6 heteroatoms. The van der Waals surface area contributed by atoms with E-state index in [1.807, 2.05) is 0 Å². The van der Waals surface area contributed by atoms with E-state index in [-0.39, 0.29) is 17.9 Å². The van der Waals surface area contributed by atoms with Gasteiger partial charge in [0.05, 0.1) is 17.9 Å². The average Bonchev–Trinajstić information content (AvgIpc) is 2.49. The maximum atomic E-state index is 14.1. The van der Waals surface area contributed by atoms with E-state index in [1.165, 1.54) is 24.3 Å². The Labute approximate surface area is 131 Å². The van der Waals surface area contributed by atoms with Crippen LogP contribution >= 0.6 is 0 Å². The van der Waals surface area contributed by atoms with Gasteiger partial charge in [0.2, 0.25) is 5.91 Å². The van der Waals surface area contributed by atoms with Gasteiger partial charge >= 0.3 is 0 Å². The lowest BCUT2D eigenvalue weighted by atomic mass is 10.0. The van der Waals surface area contributed by atoms with E-state index in [0.717, 1.165) is 6.07 Å². The van der Waals surface area contributed by atoms with Gasteiger partial charge in [0, 0.05) is 12.6 Å². The maximum absolute atomic E-state index is 14.1. The number of fused-ring (bicyclic) bond motifs is 1. The first-order valence-corrected chi connectivity index (χ1v) is 7.32. The van der Waals surface area contributed by atoms with Gasteiger partial charge < -0.3 is 10.2 Å². The van der Waals surface area contributed by atoms with Crippen molar-refractivity contribution < 1.29 is 18.0 Å². The Morgan fingerprint density at radius 3 is 2.70 bits per heavy atom. The second-order valence-electron chi connectivity index (χ2n) is 5.45. The van der Waals surface area contributed by atoms with Crippen molar-refractivity contribution in [1.82, 2.24) is 0 Å². The molecule has 0 saturated heterocycles. The van der Waals surface area contributed by atoms with Crippen LogP contribution in [0.2, 0.25) is 0 Å². The van der Waals surface area contributed by atoms with Crippen molar-refractivity contribution in [2.45, 2.75) is 12.8 Å². The highest BCUT2D eigenvalue weighted by atomic mass is 19.1. The van der Waals surface area contributed by atoms with Crippen LogP contribution in [0.3, 0.4) is 0 Å². The van der Waals surface area contributed by atoms with Crippen molar-refractivity contribution in [3.05, 3.63) is 59.4 Å². The van der Waals surface area contributed by atoms with E-state index in [4.69, 9.17) is 0 Å². The minimum absolute atomic E-state index is 0.0781. The molecule has 0 aromatic heterocycles. The second kappa shape index (κ2) is 6.32. The number of aryl methyl sites for hydroxylation is 1. The van der Waals surface area contributed by atoms with Crippen LogP contribution < -0.4 is 10.2 Å².